The van der Waals surface area contributed by atoms with E-state index in [2.05, 4.69) is 4.90 Å². The lowest BCUT2D eigenvalue weighted by Gasteiger charge is -2.36. The van der Waals surface area contributed by atoms with Crippen LogP contribution in [0.4, 0.5) is 0 Å². The smallest absolute Gasteiger partial charge is 0.186 e. The van der Waals surface area contributed by atoms with Crippen LogP contribution >= 0.6 is 11.3 Å². The predicted octanol–water partition coefficient (Wildman–Crippen LogP) is 2.09. The number of carbonyl (C=O) groups is 1. The van der Waals surface area contributed by atoms with Gasteiger partial charge in [0.15, 0.2) is 5.78 Å². The Morgan fingerprint density at radius 1 is 1.53 bits per heavy atom. The maximum Gasteiger partial charge on any atom is 0.186 e. The summed E-state index contributed by atoms with van der Waals surface area (Å²) in [6.45, 7) is 3.21. The summed E-state index contributed by atoms with van der Waals surface area (Å²) in [5.74, 6) is 0.184. The van der Waals surface area contributed by atoms with Crippen molar-refractivity contribution in [2.45, 2.75) is 32.2 Å². The van der Waals surface area contributed by atoms with Crippen LogP contribution in [0.5, 0.6) is 0 Å². The van der Waals surface area contributed by atoms with E-state index < -0.39 is 0 Å². The summed E-state index contributed by atoms with van der Waals surface area (Å²) in [5.41, 5.74) is 0. The first-order valence-corrected chi connectivity index (χ1v) is 6.97. The second-order valence-corrected chi connectivity index (χ2v) is 5.90. The summed E-state index contributed by atoms with van der Waals surface area (Å²) in [4.78, 5) is 16.2. The van der Waals surface area contributed by atoms with Crippen LogP contribution in [0.15, 0.2) is 12.1 Å². The minimum atomic E-state index is 0.132. The lowest BCUT2D eigenvalue weighted by atomic mass is 9.91. The van der Waals surface area contributed by atoms with Gasteiger partial charge in [0, 0.05) is 17.5 Å². The second-order valence-electron chi connectivity index (χ2n) is 4.61. The molecular weight excluding hydrogens is 234 g/mol. The molecular formula is C13H19NO2S. The van der Waals surface area contributed by atoms with Gasteiger partial charge in [-0.15, -0.1) is 11.3 Å². The average Bonchev–Trinajstić information content (AvgIpc) is 2.62. The van der Waals surface area contributed by atoms with Crippen LogP contribution in [0.3, 0.4) is 0 Å². The van der Waals surface area contributed by atoms with Crippen LogP contribution in [-0.2, 0) is 0 Å². The van der Waals surface area contributed by atoms with Gasteiger partial charge in [-0.05, 0) is 31.9 Å². The summed E-state index contributed by atoms with van der Waals surface area (Å²) < 4.78 is 0. The normalized spacial score (nSPS) is 16.2. The zero-order valence-electron chi connectivity index (χ0n) is 10.2. The van der Waals surface area contributed by atoms with Crippen LogP contribution < -0.4 is 0 Å². The van der Waals surface area contributed by atoms with Crippen molar-refractivity contribution in [2.75, 3.05) is 19.7 Å². The van der Waals surface area contributed by atoms with Crippen LogP contribution in [0.1, 0.15) is 33.8 Å². The minimum absolute atomic E-state index is 0.132. The molecule has 0 aromatic carbocycles. The number of ketones is 1. The number of carbonyl (C=O) groups excluding carboxylic acids is 1. The Kier molecular flexibility index (Phi) is 4.31. The first-order chi connectivity index (χ1) is 8.20. The fourth-order valence-corrected chi connectivity index (χ4v) is 2.92. The Balaban J connectivity index is 1.94. The van der Waals surface area contributed by atoms with E-state index in [0.717, 1.165) is 17.7 Å². The molecule has 1 N–H and O–H groups in total. The van der Waals surface area contributed by atoms with Gasteiger partial charge in [-0.2, -0.15) is 0 Å². The van der Waals surface area contributed by atoms with E-state index in [0.29, 0.717) is 19.1 Å². The van der Waals surface area contributed by atoms with Crippen molar-refractivity contribution in [3.05, 3.63) is 21.9 Å². The van der Waals surface area contributed by atoms with Gasteiger partial charge in [0.05, 0.1) is 18.0 Å². The molecule has 0 amide bonds. The van der Waals surface area contributed by atoms with Gasteiger partial charge in [-0.25, -0.2) is 0 Å². The molecule has 0 saturated heterocycles. The molecule has 0 bridgehead atoms. The third-order valence-corrected chi connectivity index (χ3v) is 4.38. The molecule has 0 unspecified atom stereocenters. The van der Waals surface area contributed by atoms with Gasteiger partial charge >= 0.3 is 0 Å². The summed E-state index contributed by atoms with van der Waals surface area (Å²) in [6.07, 6.45) is 3.58. The van der Waals surface area contributed by atoms with Gasteiger partial charge in [0.25, 0.3) is 0 Å². The molecule has 1 saturated carbocycles. The van der Waals surface area contributed by atoms with E-state index in [9.17, 15) is 4.79 Å². The average molecular weight is 253 g/mol. The highest BCUT2D eigenvalue weighted by atomic mass is 32.1. The molecule has 2 rings (SSSR count). The molecule has 1 aliphatic rings. The standard InChI is InChI=1S/C13H19NO2S/c1-10-5-6-13(17-10)12(16)9-14(7-8-15)11-3-2-4-11/h5-6,11,15H,2-4,7-9H2,1H3. The zero-order valence-corrected chi connectivity index (χ0v) is 11.0. The molecule has 1 fully saturated rings. The van der Waals surface area contributed by atoms with Crippen LogP contribution in [0, 0.1) is 6.92 Å². The third-order valence-electron chi connectivity index (χ3n) is 3.34. The molecule has 1 heterocycles. The Morgan fingerprint density at radius 2 is 2.29 bits per heavy atom. The number of thiophene rings is 1. The third kappa shape index (κ3) is 3.15. The largest absolute Gasteiger partial charge is 0.395 e. The van der Waals surface area contributed by atoms with Crippen molar-refractivity contribution in [3.63, 3.8) is 0 Å². The topological polar surface area (TPSA) is 40.5 Å². The Bertz CT molecular complexity index is 385. The molecule has 94 valence electrons. The Hall–Kier alpha value is -0.710. The van der Waals surface area contributed by atoms with Crippen molar-refractivity contribution in [1.29, 1.82) is 0 Å². The highest BCUT2D eigenvalue weighted by Gasteiger charge is 2.26. The molecule has 0 atom stereocenters. The Labute approximate surface area is 106 Å². The number of hydrogen-bond donors (Lipinski definition) is 1. The van der Waals surface area contributed by atoms with Crippen LogP contribution in [0.25, 0.3) is 0 Å². The summed E-state index contributed by atoms with van der Waals surface area (Å²) in [5, 5.41) is 9.04. The highest BCUT2D eigenvalue weighted by molar-refractivity contribution is 7.14. The molecule has 1 aliphatic carbocycles. The molecule has 0 spiro atoms. The number of aryl methyl sites for hydroxylation is 1. The number of aliphatic hydroxyl groups excluding tert-OH is 1. The van der Waals surface area contributed by atoms with Gasteiger partial charge < -0.3 is 5.11 Å². The molecule has 0 radical (unpaired) electrons. The molecule has 3 nitrogen and oxygen atoms in total. The Morgan fingerprint density at radius 3 is 2.76 bits per heavy atom. The summed E-state index contributed by atoms with van der Waals surface area (Å²) in [6, 6.07) is 4.39. The zero-order chi connectivity index (χ0) is 12.3. The van der Waals surface area contributed by atoms with E-state index >= 15 is 0 Å². The maximum absolute atomic E-state index is 12.1. The van der Waals surface area contributed by atoms with E-state index in [1.165, 1.54) is 11.3 Å². The van der Waals surface area contributed by atoms with E-state index in [1.807, 2.05) is 19.1 Å². The maximum atomic E-state index is 12.1. The molecule has 17 heavy (non-hydrogen) atoms. The predicted molar refractivity (Wildman–Crippen MR) is 69.7 cm³/mol. The summed E-state index contributed by atoms with van der Waals surface area (Å²) in [7, 11) is 0. The van der Waals surface area contributed by atoms with Gasteiger partial charge in [0.2, 0.25) is 0 Å². The van der Waals surface area contributed by atoms with Gasteiger partial charge in [0.1, 0.15) is 0 Å². The van der Waals surface area contributed by atoms with Crippen LogP contribution in [0.2, 0.25) is 0 Å². The monoisotopic (exact) mass is 253 g/mol. The quantitative estimate of drug-likeness (QED) is 0.789. The van der Waals surface area contributed by atoms with Crippen LogP contribution in [-0.4, -0.2) is 41.5 Å². The number of hydrogen-bond acceptors (Lipinski definition) is 4. The molecule has 1 aromatic rings. The molecule has 4 heteroatoms. The number of aliphatic hydroxyl groups is 1. The van der Waals surface area contributed by atoms with Gasteiger partial charge in [-0.3, -0.25) is 9.69 Å². The number of nitrogens with zero attached hydrogens (tertiary/aromatic N) is 1. The molecule has 1 aromatic heterocycles. The SMILES string of the molecule is Cc1ccc(C(=O)CN(CCO)C2CCC2)s1. The van der Waals surface area contributed by atoms with Crippen molar-refractivity contribution < 1.29 is 9.90 Å². The lowest BCUT2D eigenvalue weighted by molar-refractivity contribution is 0.0750. The van der Waals surface area contributed by atoms with Crippen molar-refractivity contribution >= 4 is 17.1 Å². The highest BCUT2D eigenvalue weighted by Crippen LogP contribution is 2.25. The van der Waals surface area contributed by atoms with Crippen molar-refractivity contribution in [2.24, 2.45) is 0 Å². The summed E-state index contributed by atoms with van der Waals surface area (Å²) >= 11 is 1.55. The first-order valence-electron chi connectivity index (χ1n) is 6.15. The second kappa shape index (κ2) is 5.76. The number of rotatable bonds is 6. The van der Waals surface area contributed by atoms with Crippen molar-refractivity contribution in [3.8, 4) is 0 Å². The molecule has 0 aliphatic heterocycles. The van der Waals surface area contributed by atoms with Crippen molar-refractivity contribution in [1.82, 2.24) is 4.90 Å². The fraction of sp³-hybridized carbons (Fsp3) is 0.615. The first kappa shape index (κ1) is 12.7. The number of Topliss-reactive ketones (excluding diaryl/α,β-unsaturated/α-hetero) is 1. The minimum Gasteiger partial charge on any atom is -0.395 e. The van der Waals surface area contributed by atoms with E-state index in [4.69, 9.17) is 5.11 Å². The van der Waals surface area contributed by atoms with Gasteiger partial charge in [-0.1, -0.05) is 6.42 Å². The van der Waals surface area contributed by atoms with E-state index in [-0.39, 0.29) is 12.4 Å². The van der Waals surface area contributed by atoms with E-state index in [1.54, 1.807) is 11.3 Å². The fourth-order valence-electron chi connectivity index (χ4n) is 2.12. The lowest BCUT2D eigenvalue weighted by Crippen LogP contribution is -2.44.